The van der Waals surface area contributed by atoms with Crippen molar-refractivity contribution in [2.75, 3.05) is 31.1 Å². The van der Waals surface area contributed by atoms with E-state index in [1.807, 2.05) is 30.3 Å². The molecule has 2 aromatic heterocycles. The SMILES string of the molecule is N#Cc1ccccc1N1CCN(Cc2cc3ncc(C(F)(F)F)cc3s2)CC1. The summed E-state index contributed by atoms with van der Waals surface area (Å²) in [5.41, 5.74) is 1.52. The number of anilines is 1. The van der Waals surface area contributed by atoms with Gasteiger partial charge in [0.15, 0.2) is 0 Å². The summed E-state index contributed by atoms with van der Waals surface area (Å²) in [4.78, 5) is 9.46. The standard InChI is InChI=1S/C20H17F3N4S/c21-20(22,23)15-9-19-17(25-12-15)10-16(28-19)13-26-5-7-27(8-6-26)18-4-2-1-3-14(18)11-24/h1-4,9-10,12H,5-8,13H2. The predicted octanol–water partition coefficient (Wildman–Crippen LogP) is 4.51. The van der Waals surface area contributed by atoms with Gasteiger partial charge < -0.3 is 4.90 Å². The molecule has 1 aliphatic rings. The molecule has 0 saturated carbocycles. The average Bonchev–Trinajstić information content (AvgIpc) is 3.09. The Bertz CT molecular complexity index is 1030. The summed E-state index contributed by atoms with van der Waals surface area (Å²) in [5.74, 6) is 0. The molecule has 0 aliphatic carbocycles. The molecule has 1 aromatic carbocycles. The maximum Gasteiger partial charge on any atom is 0.417 e. The molecule has 8 heteroatoms. The predicted molar refractivity (Wildman–Crippen MR) is 103 cm³/mol. The monoisotopic (exact) mass is 402 g/mol. The maximum absolute atomic E-state index is 12.9. The lowest BCUT2D eigenvalue weighted by Crippen LogP contribution is -2.46. The smallest absolute Gasteiger partial charge is 0.368 e. The Hall–Kier alpha value is -2.63. The van der Waals surface area contributed by atoms with Crippen LogP contribution in [0.15, 0.2) is 42.6 Å². The van der Waals surface area contributed by atoms with Crippen molar-refractivity contribution >= 4 is 27.2 Å². The first kappa shape index (κ1) is 18.7. The zero-order chi connectivity index (χ0) is 19.7. The highest BCUT2D eigenvalue weighted by Gasteiger charge is 2.31. The summed E-state index contributed by atoms with van der Waals surface area (Å²) >= 11 is 1.36. The number of alkyl halides is 3. The fraction of sp³-hybridized carbons (Fsp3) is 0.300. The molecular formula is C20H17F3N4S. The van der Waals surface area contributed by atoms with Gasteiger partial charge in [0.1, 0.15) is 6.07 Å². The Morgan fingerprint density at radius 1 is 1.11 bits per heavy atom. The van der Waals surface area contributed by atoms with Gasteiger partial charge in [-0.2, -0.15) is 18.4 Å². The molecule has 0 N–H and O–H groups in total. The third-order valence-corrected chi connectivity index (χ3v) is 5.92. The lowest BCUT2D eigenvalue weighted by atomic mass is 10.1. The van der Waals surface area contributed by atoms with Crippen LogP contribution in [-0.2, 0) is 12.7 Å². The highest BCUT2D eigenvalue weighted by molar-refractivity contribution is 7.19. The number of para-hydroxylation sites is 1. The largest absolute Gasteiger partial charge is 0.417 e. The molecule has 4 nitrogen and oxygen atoms in total. The second kappa shape index (κ2) is 7.41. The number of hydrogen-bond donors (Lipinski definition) is 0. The van der Waals surface area contributed by atoms with Crippen molar-refractivity contribution in [2.45, 2.75) is 12.7 Å². The van der Waals surface area contributed by atoms with Crippen molar-refractivity contribution < 1.29 is 13.2 Å². The number of halogens is 3. The molecule has 1 saturated heterocycles. The third-order valence-electron chi connectivity index (χ3n) is 4.86. The molecule has 28 heavy (non-hydrogen) atoms. The van der Waals surface area contributed by atoms with E-state index in [9.17, 15) is 18.4 Å². The zero-order valence-corrected chi connectivity index (χ0v) is 15.7. The van der Waals surface area contributed by atoms with Crippen molar-refractivity contribution in [3.63, 3.8) is 0 Å². The summed E-state index contributed by atoms with van der Waals surface area (Å²) in [6, 6.07) is 12.9. The van der Waals surface area contributed by atoms with Crippen LogP contribution >= 0.6 is 11.3 Å². The summed E-state index contributed by atoms with van der Waals surface area (Å²) in [6.07, 6.45) is -3.48. The van der Waals surface area contributed by atoms with Crippen LogP contribution in [0.1, 0.15) is 16.0 Å². The summed E-state index contributed by atoms with van der Waals surface area (Å²) < 4.78 is 39.1. The van der Waals surface area contributed by atoms with Gasteiger partial charge in [-0.3, -0.25) is 9.88 Å². The first-order chi connectivity index (χ1) is 13.4. The van der Waals surface area contributed by atoms with Gasteiger partial charge >= 0.3 is 6.18 Å². The Labute approximate surface area is 164 Å². The number of rotatable bonds is 3. The number of nitrogens with zero attached hydrogens (tertiary/aromatic N) is 4. The molecule has 3 aromatic rings. The first-order valence-corrected chi connectivity index (χ1v) is 9.68. The van der Waals surface area contributed by atoms with Gasteiger partial charge in [-0.25, -0.2) is 0 Å². The average molecular weight is 402 g/mol. The zero-order valence-electron chi connectivity index (χ0n) is 14.9. The molecule has 4 rings (SSSR count). The van der Waals surface area contributed by atoms with Crippen molar-refractivity contribution in [3.8, 4) is 6.07 Å². The topological polar surface area (TPSA) is 43.2 Å². The second-order valence-corrected chi connectivity index (χ2v) is 7.88. The van der Waals surface area contributed by atoms with E-state index in [2.05, 4.69) is 20.9 Å². The van der Waals surface area contributed by atoms with Crippen LogP contribution in [0.25, 0.3) is 10.2 Å². The Kier molecular flexibility index (Phi) is 4.96. The molecule has 0 atom stereocenters. The van der Waals surface area contributed by atoms with Crippen molar-refractivity contribution in [1.29, 1.82) is 5.26 Å². The number of nitriles is 1. The van der Waals surface area contributed by atoms with Gasteiger partial charge in [-0.05, 0) is 24.3 Å². The summed E-state index contributed by atoms with van der Waals surface area (Å²) in [5, 5.41) is 9.27. The third kappa shape index (κ3) is 3.81. The summed E-state index contributed by atoms with van der Waals surface area (Å²) in [6.45, 7) is 3.96. The first-order valence-electron chi connectivity index (χ1n) is 8.86. The van der Waals surface area contributed by atoms with Gasteiger partial charge in [0.05, 0.1) is 27.0 Å². The van der Waals surface area contributed by atoms with E-state index in [1.54, 1.807) is 0 Å². The van der Waals surface area contributed by atoms with Gasteiger partial charge in [0, 0.05) is 43.8 Å². The maximum atomic E-state index is 12.9. The number of piperazine rings is 1. The van der Waals surface area contributed by atoms with Crippen LogP contribution < -0.4 is 4.90 Å². The lowest BCUT2D eigenvalue weighted by Gasteiger charge is -2.36. The van der Waals surface area contributed by atoms with Crippen molar-refractivity contribution in [1.82, 2.24) is 9.88 Å². The molecule has 144 valence electrons. The Balaban J connectivity index is 1.43. The number of thiophene rings is 1. The number of hydrogen-bond acceptors (Lipinski definition) is 5. The van der Waals surface area contributed by atoms with Crippen molar-refractivity contribution in [3.05, 3.63) is 58.6 Å². The van der Waals surface area contributed by atoms with Crippen LogP contribution in [0.5, 0.6) is 0 Å². The molecule has 1 aliphatic heterocycles. The molecule has 0 amide bonds. The van der Waals surface area contributed by atoms with Gasteiger partial charge in [-0.15, -0.1) is 11.3 Å². The molecule has 0 radical (unpaired) electrons. The van der Waals surface area contributed by atoms with E-state index in [1.165, 1.54) is 17.4 Å². The van der Waals surface area contributed by atoms with E-state index in [0.29, 0.717) is 22.3 Å². The number of benzene rings is 1. The minimum atomic E-state index is -4.37. The lowest BCUT2D eigenvalue weighted by molar-refractivity contribution is -0.137. The van der Waals surface area contributed by atoms with Crippen molar-refractivity contribution in [2.24, 2.45) is 0 Å². The van der Waals surface area contributed by atoms with Crippen LogP contribution in [0.3, 0.4) is 0 Å². The highest BCUT2D eigenvalue weighted by Crippen LogP contribution is 2.33. The molecular weight excluding hydrogens is 385 g/mol. The highest BCUT2D eigenvalue weighted by atomic mass is 32.1. The number of aromatic nitrogens is 1. The minimum Gasteiger partial charge on any atom is -0.368 e. The van der Waals surface area contributed by atoms with E-state index < -0.39 is 11.7 Å². The van der Waals surface area contributed by atoms with E-state index in [-0.39, 0.29) is 0 Å². The fourth-order valence-corrected chi connectivity index (χ4v) is 4.51. The number of fused-ring (bicyclic) bond motifs is 1. The van der Waals surface area contributed by atoms with Crippen LogP contribution in [-0.4, -0.2) is 36.1 Å². The second-order valence-electron chi connectivity index (χ2n) is 6.71. The molecule has 0 unspecified atom stereocenters. The van der Waals surface area contributed by atoms with Crippen LogP contribution in [0.4, 0.5) is 18.9 Å². The van der Waals surface area contributed by atoms with Crippen LogP contribution in [0, 0.1) is 11.3 Å². The normalized spacial score (nSPS) is 15.7. The van der Waals surface area contributed by atoms with E-state index in [4.69, 9.17) is 0 Å². The fourth-order valence-electron chi connectivity index (χ4n) is 3.41. The minimum absolute atomic E-state index is 0.561. The van der Waals surface area contributed by atoms with Gasteiger partial charge in [0.2, 0.25) is 0 Å². The molecule has 3 heterocycles. The van der Waals surface area contributed by atoms with E-state index >= 15 is 0 Å². The quantitative estimate of drug-likeness (QED) is 0.647. The number of pyridine rings is 1. The van der Waals surface area contributed by atoms with Gasteiger partial charge in [-0.1, -0.05) is 12.1 Å². The molecule has 0 bridgehead atoms. The molecule has 1 fully saturated rings. The van der Waals surface area contributed by atoms with Gasteiger partial charge in [0.25, 0.3) is 0 Å². The Morgan fingerprint density at radius 3 is 2.57 bits per heavy atom. The molecule has 0 spiro atoms. The van der Waals surface area contributed by atoms with Crippen LogP contribution in [0.2, 0.25) is 0 Å². The van der Waals surface area contributed by atoms with E-state index in [0.717, 1.165) is 42.9 Å². The Morgan fingerprint density at radius 2 is 1.86 bits per heavy atom. The summed E-state index contributed by atoms with van der Waals surface area (Å²) in [7, 11) is 0.